The van der Waals surface area contributed by atoms with E-state index in [0.29, 0.717) is 8.73 Å². The van der Waals surface area contributed by atoms with Gasteiger partial charge in [0.1, 0.15) is 5.44 Å². The first kappa shape index (κ1) is 18.6. The molecule has 0 aliphatic rings. The molecule has 3 heterocycles. The Kier molecular flexibility index (Phi) is 4.08. The highest BCUT2D eigenvalue weighted by Gasteiger charge is 2.14. The van der Waals surface area contributed by atoms with Gasteiger partial charge in [0.25, 0.3) is 0 Å². The van der Waals surface area contributed by atoms with Crippen molar-refractivity contribution in [3.8, 4) is 5.82 Å². The minimum absolute atomic E-state index is 0.343. The summed E-state index contributed by atoms with van der Waals surface area (Å²) in [5, 5.41) is 4.99. The normalized spacial score (nSPS) is 12.1. The number of hydrogen-bond donors (Lipinski definition) is 0. The lowest BCUT2D eigenvalue weighted by molar-refractivity contribution is 1.06. The van der Waals surface area contributed by atoms with Crippen LogP contribution in [0.15, 0.2) is 109 Å². The molecule has 4 nitrogen and oxygen atoms in total. The Morgan fingerprint density at radius 3 is 1.52 bits per heavy atom. The Labute approximate surface area is 192 Å². The molecule has 7 aromatic rings. The van der Waals surface area contributed by atoms with E-state index in [-0.39, 0.29) is 0 Å². The topological polar surface area (TPSA) is 35.6 Å². The van der Waals surface area contributed by atoms with E-state index in [1.807, 2.05) is 12.4 Å². The van der Waals surface area contributed by atoms with Gasteiger partial charge < -0.3 is 4.34 Å². The van der Waals surface area contributed by atoms with Gasteiger partial charge in [0, 0.05) is 30.3 Å². The highest BCUT2D eigenvalue weighted by molar-refractivity contribution is 7.45. The molecule has 0 aliphatic heterocycles. The molecule has 0 saturated heterocycles. The first-order valence-electron chi connectivity index (χ1n) is 10.9. The maximum absolute atomic E-state index is 5.10. The molecule has 0 fully saturated rings. The quantitative estimate of drug-likeness (QED) is 0.295. The van der Waals surface area contributed by atoms with Gasteiger partial charge in [-0.05, 0) is 24.3 Å². The summed E-state index contributed by atoms with van der Waals surface area (Å²) in [5.41, 5.74) is 5.69. The van der Waals surface area contributed by atoms with Gasteiger partial charge >= 0.3 is 0 Å². The summed E-state index contributed by atoms with van der Waals surface area (Å²) in [6.07, 6.45) is 3.75. The van der Waals surface area contributed by atoms with Gasteiger partial charge in [0.2, 0.25) is 0 Å². The fraction of sp³-hybridized carbons (Fsp3) is 0. The Morgan fingerprint density at radius 2 is 0.970 bits per heavy atom. The summed E-state index contributed by atoms with van der Waals surface area (Å²) in [5.74, 6) is 0.846. The fourth-order valence-electron chi connectivity index (χ4n) is 4.84. The van der Waals surface area contributed by atoms with Gasteiger partial charge in [-0.3, -0.25) is 9.55 Å². The minimum Gasteiger partial charge on any atom is -0.316 e. The third-order valence-electron chi connectivity index (χ3n) is 6.24. The lowest BCUT2D eigenvalue weighted by Gasteiger charge is -2.10. The summed E-state index contributed by atoms with van der Waals surface area (Å²) in [6.45, 7) is 0. The van der Waals surface area contributed by atoms with Gasteiger partial charge in [-0.15, -0.1) is 0 Å². The van der Waals surface area contributed by atoms with Gasteiger partial charge in [0.05, 0.1) is 34.5 Å². The van der Waals surface area contributed by atoms with Crippen molar-refractivity contribution in [1.82, 2.24) is 18.9 Å². The van der Waals surface area contributed by atoms with Crippen LogP contribution in [-0.2, 0) is 0 Å². The summed E-state index contributed by atoms with van der Waals surface area (Å²) in [7, 11) is 0.343. The largest absolute Gasteiger partial charge is 0.316 e. The van der Waals surface area contributed by atoms with Crippen LogP contribution in [-0.4, -0.2) is 18.9 Å². The smallest absolute Gasteiger partial charge is 0.156 e. The van der Waals surface area contributed by atoms with Gasteiger partial charge in [-0.1, -0.05) is 72.8 Å². The highest BCUT2D eigenvalue weighted by atomic mass is 31.1. The van der Waals surface area contributed by atoms with Crippen LogP contribution < -0.4 is 5.44 Å². The zero-order valence-electron chi connectivity index (χ0n) is 17.7. The average molecular weight is 442 g/mol. The third kappa shape index (κ3) is 2.81. The van der Waals surface area contributed by atoms with Crippen molar-refractivity contribution >= 4 is 57.8 Å². The van der Waals surface area contributed by atoms with E-state index < -0.39 is 0 Å². The predicted molar refractivity (Wildman–Crippen MR) is 139 cm³/mol. The van der Waals surface area contributed by atoms with Crippen molar-refractivity contribution in [2.24, 2.45) is 0 Å². The maximum Gasteiger partial charge on any atom is 0.156 e. The third-order valence-corrected chi connectivity index (χ3v) is 7.41. The van der Waals surface area contributed by atoms with E-state index in [0.717, 1.165) is 22.3 Å². The van der Waals surface area contributed by atoms with Crippen LogP contribution in [0.25, 0.3) is 49.4 Å². The van der Waals surface area contributed by atoms with Gasteiger partial charge in [-0.25, -0.2) is 4.98 Å². The second-order valence-corrected chi connectivity index (χ2v) is 9.30. The van der Waals surface area contributed by atoms with Crippen LogP contribution >= 0.6 is 8.73 Å². The van der Waals surface area contributed by atoms with Crippen LogP contribution in [0.5, 0.6) is 0 Å². The number of benzene rings is 4. The van der Waals surface area contributed by atoms with Crippen molar-refractivity contribution < 1.29 is 0 Å². The molecule has 33 heavy (non-hydrogen) atoms. The van der Waals surface area contributed by atoms with E-state index in [1.165, 1.54) is 32.6 Å². The van der Waals surface area contributed by atoms with Crippen LogP contribution in [0.1, 0.15) is 0 Å². The molecule has 1 unspecified atom stereocenters. The number of nitrogens with zero attached hydrogens (tertiary/aromatic N) is 4. The summed E-state index contributed by atoms with van der Waals surface area (Å²) >= 11 is 0. The molecule has 0 bridgehead atoms. The molecule has 0 saturated carbocycles. The van der Waals surface area contributed by atoms with Gasteiger partial charge in [-0.2, -0.15) is 0 Å². The van der Waals surface area contributed by atoms with Crippen molar-refractivity contribution in [1.29, 1.82) is 0 Å². The standard InChI is InChI=1S/C28H19N4P/c1-5-13-23-19(9-1)20-10-2-6-14-24(20)31(23)27-17-29-18-28(30-27)33-32-25-15-7-3-11-21(25)22-12-4-8-16-26(22)32/h1-18,33H. The maximum atomic E-state index is 5.10. The second-order valence-electron chi connectivity index (χ2n) is 8.11. The van der Waals surface area contributed by atoms with E-state index in [1.54, 1.807) is 0 Å². The lowest BCUT2D eigenvalue weighted by Crippen LogP contribution is -2.10. The molecular formula is C28H19N4P. The molecule has 4 aromatic carbocycles. The number of para-hydroxylation sites is 4. The van der Waals surface area contributed by atoms with E-state index >= 15 is 0 Å². The lowest BCUT2D eigenvalue weighted by atomic mass is 10.2. The Bertz CT molecular complexity index is 1710. The zero-order chi connectivity index (χ0) is 21.8. The number of fused-ring (bicyclic) bond motifs is 6. The Morgan fingerprint density at radius 1 is 0.515 bits per heavy atom. The molecule has 0 radical (unpaired) electrons. The van der Waals surface area contributed by atoms with Crippen molar-refractivity contribution in [2.45, 2.75) is 0 Å². The first-order chi connectivity index (χ1) is 16.4. The monoisotopic (exact) mass is 442 g/mol. The van der Waals surface area contributed by atoms with Crippen LogP contribution in [0.2, 0.25) is 0 Å². The van der Waals surface area contributed by atoms with E-state index in [4.69, 9.17) is 4.98 Å². The zero-order valence-corrected chi connectivity index (χ0v) is 18.7. The molecule has 7 rings (SSSR count). The predicted octanol–water partition coefficient (Wildman–Crippen LogP) is 6.45. The second kappa shape index (κ2) is 7.26. The first-order valence-corrected chi connectivity index (χ1v) is 11.9. The molecule has 1 atom stereocenters. The molecule has 0 spiro atoms. The SMILES string of the molecule is c1ccc2c(c1)c1ccccc1n2Pc1cncc(-n2c3ccccc3c3ccccc32)n1. The average Bonchev–Trinajstić information content (AvgIpc) is 3.38. The Hall–Kier alpha value is -4.01. The van der Waals surface area contributed by atoms with Crippen molar-refractivity contribution in [2.75, 3.05) is 0 Å². The number of rotatable bonds is 3. The Balaban J connectivity index is 1.42. The van der Waals surface area contributed by atoms with Crippen molar-refractivity contribution in [3.05, 3.63) is 109 Å². The molecule has 5 heteroatoms. The van der Waals surface area contributed by atoms with E-state index in [9.17, 15) is 0 Å². The molecule has 156 valence electrons. The molecule has 0 aliphatic carbocycles. The summed E-state index contributed by atoms with van der Waals surface area (Å²) in [4.78, 5) is 9.70. The van der Waals surface area contributed by atoms with Crippen LogP contribution in [0.4, 0.5) is 0 Å². The number of hydrogen-bond acceptors (Lipinski definition) is 2. The highest BCUT2D eigenvalue weighted by Crippen LogP contribution is 2.35. The molecule has 0 N–H and O–H groups in total. The summed E-state index contributed by atoms with van der Waals surface area (Å²) in [6, 6.07) is 34.1. The molecule has 0 amide bonds. The molecular weight excluding hydrogens is 423 g/mol. The van der Waals surface area contributed by atoms with Crippen LogP contribution in [0, 0.1) is 0 Å². The van der Waals surface area contributed by atoms with E-state index in [2.05, 4.69) is 111 Å². The minimum atomic E-state index is 0.343. The summed E-state index contributed by atoms with van der Waals surface area (Å²) < 4.78 is 4.59. The fourth-order valence-corrected chi connectivity index (χ4v) is 6.00. The number of aromatic nitrogens is 4. The van der Waals surface area contributed by atoms with Crippen LogP contribution in [0.3, 0.4) is 0 Å². The molecule has 3 aromatic heterocycles. The van der Waals surface area contributed by atoms with Gasteiger partial charge in [0.15, 0.2) is 5.82 Å². The van der Waals surface area contributed by atoms with Crippen molar-refractivity contribution in [3.63, 3.8) is 0 Å².